The predicted molar refractivity (Wildman–Crippen MR) is 76.8 cm³/mol. The minimum Gasteiger partial charge on any atom is -0.467 e. The molecule has 0 bridgehead atoms. The van der Waals surface area contributed by atoms with Gasteiger partial charge in [-0.25, -0.2) is 0 Å². The van der Waals surface area contributed by atoms with Crippen molar-refractivity contribution >= 4 is 11.9 Å². The van der Waals surface area contributed by atoms with Crippen LogP contribution in [0.3, 0.4) is 0 Å². The second kappa shape index (κ2) is 8.47. The SMILES string of the molecule is CCCNc1nc(NCCN(C)CC)nc(OC)n1. The van der Waals surface area contributed by atoms with E-state index >= 15 is 0 Å². The Balaban J connectivity index is 2.60. The van der Waals surface area contributed by atoms with E-state index in [1.54, 1.807) is 7.11 Å². The molecule has 0 fully saturated rings. The standard InChI is InChI=1S/C12H24N6O/c1-5-7-13-10-15-11(17-12(16-10)19-4)14-8-9-18(3)6-2/h5-9H2,1-4H3,(H2,13,14,15,16,17). The van der Waals surface area contributed by atoms with Gasteiger partial charge < -0.3 is 20.3 Å². The molecule has 0 saturated carbocycles. The topological polar surface area (TPSA) is 75.2 Å². The normalized spacial score (nSPS) is 10.6. The quantitative estimate of drug-likeness (QED) is 0.693. The van der Waals surface area contributed by atoms with Crippen LogP contribution in [-0.4, -0.2) is 60.2 Å². The fourth-order valence-corrected chi connectivity index (χ4v) is 1.36. The summed E-state index contributed by atoms with van der Waals surface area (Å²) in [4.78, 5) is 14.8. The van der Waals surface area contributed by atoms with Gasteiger partial charge in [-0.15, -0.1) is 0 Å². The molecule has 0 spiro atoms. The number of aromatic nitrogens is 3. The van der Waals surface area contributed by atoms with Crippen LogP contribution < -0.4 is 15.4 Å². The maximum Gasteiger partial charge on any atom is 0.322 e. The molecule has 0 amide bonds. The fraction of sp³-hybridized carbons (Fsp3) is 0.750. The smallest absolute Gasteiger partial charge is 0.322 e. The lowest BCUT2D eigenvalue weighted by molar-refractivity contribution is 0.365. The van der Waals surface area contributed by atoms with E-state index in [4.69, 9.17) is 4.74 Å². The van der Waals surface area contributed by atoms with Crippen LogP contribution in [-0.2, 0) is 0 Å². The molecule has 0 saturated heterocycles. The van der Waals surface area contributed by atoms with Gasteiger partial charge in [-0.05, 0) is 20.0 Å². The molecular weight excluding hydrogens is 244 g/mol. The summed E-state index contributed by atoms with van der Waals surface area (Å²) in [5, 5.41) is 6.30. The monoisotopic (exact) mass is 268 g/mol. The summed E-state index contributed by atoms with van der Waals surface area (Å²) < 4.78 is 5.07. The second-order valence-corrected chi connectivity index (χ2v) is 4.22. The summed E-state index contributed by atoms with van der Waals surface area (Å²) in [7, 11) is 3.62. The van der Waals surface area contributed by atoms with E-state index in [-0.39, 0.29) is 0 Å². The van der Waals surface area contributed by atoms with Crippen molar-refractivity contribution in [2.75, 3.05) is 51.0 Å². The molecule has 0 aliphatic carbocycles. The van der Waals surface area contributed by atoms with Gasteiger partial charge in [0.1, 0.15) is 0 Å². The number of nitrogens with one attached hydrogen (secondary N) is 2. The highest BCUT2D eigenvalue weighted by atomic mass is 16.5. The molecule has 0 aliphatic heterocycles. The van der Waals surface area contributed by atoms with Gasteiger partial charge >= 0.3 is 6.01 Å². The number of hydrogen-bond acceptors (Lipinski definition) is 7. The largest absolute Gasteiger partial charge is 0.467 e. The molecule has 1 aromatic rings. The van der Waals surface area contributed by atoms with E-state index in [1.807, 2.05) is 0 Å². The summed E-state index contributed by atoms with van der Waals surface area (Å²) in [6, 6.07) is 0.319. The average Bonchev–Trinajstić information content (AvgIpc) is 2.44. The Morgan fingerprint density at radius 1 is 1.05 bits per heavy atom. The lowest BCUT2D eigenvalue weighted by atomic mass is 10.5. The molecule has 0 unspecified atom stereocenters. The molecule has 2 N–H and O–H groups in total. The van der Waals surface area contributed by atoms with Crippen molar-refractivity contribution in [1.29, 1.82) is 0 Å². The molecule has 19 heavy (non-hydrogen) atoms. The van der Waals surface area contributed by atoms with E-state index in [2.05, 4.69) is 51.4 Å². The van der Waals surface area contributed by atoms with Crippen LogP contribution in [0.4, 0.5) is 11.9 Å². The minimum atomic E-state index is 0.319. The lowest BCUT2D eigenvalue weighted by Gasteiger charge is -2.14. The zero-order valence-corrected chi connectivity index (χ0v) is 12.2. The van der Waals surface area contributed by atoms with Crippen molar-refractivity contribution in [2.24, 2.45) is 0 Å². The minimum absolute atomic E-state index is 0.319. The van der Waals surface area contributed by atoms with E-state index in [1.165, 1.54) is 0 Å². The third-order valence-electron chi connectivity index (χ3n) is 2.65. The van der Waals surface area contributed by atoms with Crippen LogP contribution in [0, 0.1) is 0 Å². The molecule has 0 aromatic carbocycles. The first-order chi connectivity index (χ1) is 9.19. The predicted octanol–water partition coefficient (Wildman–Crippen LogP) is 1.07. The molecule has 1 aromatic heterocycles. The Bertz CT molecular complexity index is 373. The second-order valence-electron chi connectivity index (χ2n) is 4.22. The van der Waals surface area contributed by atoms with Crippen LogP contribution in [0.5, 0.6) is 6.01 Å². The molecule has 7 nitrogen and oxygen atoms in total. The van der Waals surface area contributed by atoms with Crippen molar-refractivity contribution in [3.05, 3.63) is 0 Å². The van der Waals surface area contributed by atoms with Gasteiger partial charge in [-0.2, -0.15) is 15.0 Å². The molecule has 1 rings (SSSR count). The first kappa shape index (κ1) is 15.4. The zero-order valence-electron chi connectivity index (χ0n) is 12.2. The van der Waals surface area contributed by atoms with Gasteiger partial charge in [0.25, 0.3) is 0 Å². The summed E-state index contributed by atoms with van der Waals surface area (Å²) in [6.07, 6.45) is 1.01. The summed E-state index contributed by atoms with van der Waals surface area (Å²) in [5.41, 5.74) is 0. The number of hydrogen-bond donors (Lipinski definition) is 2. The van der Waals surface area contributed by atoms with Gasteiger partial charge in [0.15, 0.2) is 0 Å². The van der Waals surface area contributed by atoms with Gasteiger partial charge in [0.05, 0.1) is 7.11 Å². The maximum atomic E-state index is 5.07. The number of methoxy groups -OCH3 is 1. The average molecular weight is 268 g/mol. The van der Waals surface area contributed by atoms with Crippen LogP contribution in [0.1, 0.15) is 20.3 Å². The number of anilines is 2. The van der Waals surface area contributed by atoms with Gasteiger partial charge in [-0.3, -0.25) is 0 Å². The van der Waals surface area contributed by atoms with Crippen LogP contribution >= 0.6 is 0 Å². The third kappa shape index (κ3) is 5.69. The number of nitrogens with zero attached hydrogens (tertiary/aromatic N) is 4. The summed E-state index contributed by atoms with van der Waals surface area (Å²) in [6.45, 7) is 7.77. The van der Waals surface area contributed by atoms with E-state index in [0.29, 0.717) is 17.9 Å². The van der Waals surface area contributed by atoms with Gasteiger partial charge in [0, 0.05) is 19.6 Å². The number of ether oxygens (including phenoxy) is 1. The van der Waals surface area contributed by atoms with Crippen molar-refractivity contribution in [3.63, 3.8) is 0 Å². The number of rotatable bonds is 9. The fourth-order valence-electron chi connectivity index (χ4n) is 1.36. The molecule has 1 heterocycles. The first-order valence-electron chi connectivity index (χ1n) is 6.66. The highest BCUT2D eigenvalue weighted by Crippen LogP contribution is 2.10. The van der Waals surface area contributed by atoms with Crippen molar-refractivity contribution in [1.82, 2.24) is 19.9 Å². The lowest BCUT2D eigenvalue weighted by Crippen LogP contribution is -2.25. The van der Waals surface area contributed by atoms with Crippen molar-refractivity contribution in [3.8, 4) is 6.01 Å². The van der Waals surface area contributed by atoms with Crippen LogP contribution in [0.25, 0.3) is 0 Å². The van der Waals surface area contributed by atoms with E-state index in [0.717, 1.165) is 32.6 Å². The maximum absolute atomic E-state index is 5.07. The van der Waals surface area contributed by atoms with Crippen LogP contribution in [0.2, 0.25) is 0 Å². The Kier molecular flexibility index (Phi) is 6.88. The van der Waals surface area contributed by atoms with E-state index < -0.39 is 0 Å². The Morgan fingerprint density at radius 2 is 1.68 bits per heavy atom. The highest BCUT2D eigenvalue weighted by molar-refractivity contribution is 5.35. The van der Waals surface area contributed by atoms with Crippen molar-refractivity contribution in [2.45, 2.75) is 20.3 Å². The zero-order chi connectivity index (χ0) is 14.1. The van der Waals surface area contributed by atoms with Crippen molar-refractivity contribution < 1.29 is 4.74 Å². The summed E-state index contributed by atoms with van der Waals surface area (Å²) in [5.74, 6) is 1.08. The van der Waals surface area contributed by atoms with E-state index in [9.17, 15) is 0 Å². The first-order valence-corrected chi connectivity index (χ1v) is 6.66. The Morgan fingerprint density at radius 3 is 2.21 bits per heavy atom. The third-order valence-corrected chi connectivity index (χ3v) is 2.65. The molecule has 0 atom stereocenters. The Labute approximate surface area is 114 Å². The molecule has 7 heteroatoms. The van der Waals surface area contributed by atoms with Gasteiger partial charge in [-0.1, -0.05) is 13.8 Å². The molecule has 0 aliphatic rings. The highest BCUT2D eigenvalue weighted by Gasteiger charge is 2.06. The molecular formula is C12H24N6O. The van der Waals surface area contributed by atoms with Crippen LogP contribution in [0.15, 0.2) is 0 Å². The molecule has 108 valence electrons. The van der Waals surface area contributed by atoms with Gasteiger partial charge in [0.2, 0.25) is 11.9 Å². The summed E-state index contributed by atoms with van der Waals surface area (Å²) >= 11 is 0. The Hall–Kier alpha value is -1.63. The number of likely N-dealkylation sites (N-methyl/N-ethyl adjacent to an activating group) is 1. The molecule has 0 radical (unpaired) electrons.